The van der Waals surface area contributed by atoms with Crippen LogP contribution in [-0.2, 0) is 10.2 Å². The lowest BCUT2D eigenvalue weighted by molar-refractivity contribution is -0.384. The number of nitrogens with one attached hydrogen (secondary N) is 1. The van der Waals surface area contributed by atoms with Crippen LogP contribution in [0.1, 0.15) is 17.5 Å². The number of anilines is 2. The molecular formula is C27H18F3N5O5. The van der Waals surface area contributed by atoms with Crippen molar-refractivity contribution in [3.05, 3.63) is 106 Å². The van der Waals surface area contributed by atoms with Crippen molar-refractivity contribution >= 4 is 45.7 Å². The molecule has 2 heterocycles. The van der Waals surface area contributed by atoms with Gasteiger partial charge in [-0.05, 0) is 47.5 Å². The fourth-order valence-electron chi connectivity index (χ4n) is 4.72. The van der Waals surface area contributed by atoms with Gasteiger partial charge in [0, 0.05) is 30.1 Å². The summed E-state index contributed by atoms with van der Waals surface area (Å²) < 4.78 is 44.5. The zero-order chi connectivity index (χ0) is 28.7. The van der Waals surface area contributed by atoms with E-state index in [2.05, 4.69) is 10.1 Å². The number of hydrazone groups is 1. The number of hydrogen-bond donors (Lipinski definition) is 2. The molecule has 0 aliphatic carbocycles. The minimum atomic E-state index is -5.00. The summed E-state index contributed by atoms with van der Waals surface area (Å²) in [5.74, 6) is -1.33. The van der Waals surface area contributed by atoms with Gasteiger partial charge in [-0.25, -0.2) is 15.1 Å². The van der Waals surface area contributed by atoms with Crippen molar-refractivity contribution < 1.29 is 32.8 Å². The maximum Gasteiger partial charge on any atom is 0.416 e. The quantitative estimate of drug-likeness (QED) is 0.243. The van der Waals surface area contributed by atoms with Crippen molar-refractivity contribution in [1.29, 1.82) is 0 Å². The number of benzene rings is 3. The number of fused-ring (bicyclic) bond motifs is 1. The number of amides is 2. The van der Waals surface area contributed by atoms with Crippen molar-refractivity contribution in [2.24, 2.45) is 5.10 Å². The highest BCUT2D eigenvalue weighted by atomic mass is 19.4. The predicted octanol–water partition coefficient (Wildman–Crippen LogP) is 5.68. The molecule has 1 aliphatic heterocycles. The molecule has 3 aromatic carbocycles. The number of pyridine rings is 1. The number of alkyl halides is 3. The molecule has 2 amide bonds. The van der Waals surface area contributed by atoms with Crippen molar-refractivity contribution in [1.82, 2.24) is 10.4 Å². The largest absolute Gasteiger partial charge is 0.464 e. The van der Waals surface area contributed by atoms with Crippen LogP contribution in [0.2, 0.25) is 0 Å². The van der Waals surface area contributed by atoms with Gasteiger partial charge in [0.05, 0.1) is 27.5 Å². The molecule has 0 saturated heterocycles. The lowest BCUT2D eigenvalue weighted by Gasteiger charge is -2.37. The van der Waals surface area contributed by atoms with E-state index >= 15 is 0 Å². The molecule has 1 aliphatic rings. The summed E-state index contributed by atoms with van der Waals surface area (Å²) in [5, 5.41) is 24.8. The first kappa shape index (κ1) is 26.3. The van der Waals surface area contributed by atoms with Crippen molar-refractivity contribution in [2.75, 3.05) is 4.90 Å². The van der Waals surface area contributed by atoms with Gasteiger partial charge in [0.25, 0.3) is 11.6 Å². The molecule has 10 nitrogen and oxygen atoms in total. The second-order valence-corrected chi connectivity index (χ2v) is 8.89. The molecule has 0 radical (unpaired) electrons. The van der Waals surface area contributed by atoms with E-state index in [-0.39, 0.29) is 39.3 Å². The maximum atomic E-state index is 14.8. The molecule has 1 aromatic heterocycles. The number of nitro groups is 1. The highest BCUT2D eigenvalue weighted by Crippen LogP contribution is 2.48. The number of hydrogen-bond acceptors (Lipinski definition) is 6. The first-order valence-electron chi connectivity index (χ1n) is 11.7. The Kier molecular flexibility index (Phi) is 6.42. The van der Waals surface area contributed by atoms with E-state index in [1.807, 2.05) is 5.43 Å². The molecule has 5 rings (SSSR count). The Balaban J connectivity index is 1.53. The highest BCUT2D eigenvalue weighted by molar-refractivity contribution is 6.10. The molecule has 0 spiro atoms. The molecule has 2 N–H and O–H groups in total. The SMILES string of the molecule is O=C(O)N(c1ccc(C2=NNC(=O)[C@@](c3cccc4ncccc34)(C(F)(F)F)C2)cc1)c1ccc([N+](=O)[O-])cc1. The van der Waals surface area contributed by atoms with Gasteiger partial charge in [0.1, 0.15) is 0 Å². The van der Waals surface area contributed by atoms with Crippen LogP contribution in [0.4, 0.5) is 35.0 Å². The Bertz CT molecular complexity index is 1670. The van der Waals surface area contributed by atoms with Gasteiger partial charge in [-0.2, -0.15) is 18.3 Å². The van der Waals surface area contributed by atoms with E-state index < -0.39 is 34.9 Å². The molecule has 0 saturated carbocycles. The van der Waals surface area contributed by atoms with Crippen LogP contribution >= 0.6 is 0 Å². The standard InChI is InChI=1S/C27H18F3N5O5/c28-27(29,30)26(21-4-1-5-22-20(21)3-2-14-31-22)15-23(32-33-24(26)36)16-6-8-17(9-7-16)34(25(37)38)18-10-12-19(13-11-18)35(39)40/h1-14H,15H2,(H,33,36)(H,37,38)/t26-/m1/s1. The molecule has 1 atom stereocenters. The normalized spacial score (nSPS) is 17.2. The fourth-order valence-corrected chi connectivity index (χ4v) is 4.72. The number of rotatable bonds is 5. The maximum absolute atomic E-state index is 14.8. The lowest BCUT2D eigenvalue weighted by Crippen LogP contribution is -2.57. The van der Waals surface area contributed by atoms with Crippen LogP contribution in [-0.4, -0.2) is 38.9 Å². The van der Waals surface area contributed by atoms with Gasteiger partial charge in [-0.3, -0.25) is 19.9 Å². The molecule has 202 valence electrons. The number of carbonyl (C=O) groups is 2. The van der Waals surface area contributed by atoms with Crippen LogP contribution in [0.3, 0.4) is 0 Å². The third-order valence-electron chi connectivity index (χ3n) is 6.67. The summed E-state index contributed by atoms with van der Waals surface area (Å²) >= 11 is 0. The van der Waals surface area contributed by atoms with Crippen LogP contribution in [0.5, 0.6) is 0 Å². The first-order chi connectivity index (χ1) is 19.0. The third kappa shape index (κ3) is 4.36. The Morgan fingerprint density at radius 3 is 2.25 bits per heavy atom. The average molecular weight is 549 g/mol. The van der Waals surface area contributed by atoms with Crippen molar-refractivity contribution in [3.8, 4) is 0 Å². The van der Waals surface area contributed by atoms with Gasteiger partial charge in [0.2, 0.25) is 0 Å². The monoisotopic (exact) mass is 549 g/mol. The Hall–Kier alpha value is -5.33. The number of halogens is 3. The molecule has 0 bridgehead atoms. The van der Waals surface area contributed by atoms with E-state index in [9.17, 15) is 38.0 Å². The summed E-state index contributed by atoms with van der Waals surface area (Å²) in [5.41, 5.74) is -0.706. The lowest BCUT2D eigenvalue weighted by atomic mass is 9.71. The summed E-state index contributed by atoms with van der Waals surface area (Å²) in [6, 6.07) is 17.5. The summed E-state index contributed by atoms with van der Waals surface area (Å²) in [6.45, 7) is 0. The second kappa shape index (κ2) is 9.76. The van der Waals surface area contributed by atoms with E-state index in [0.29, 0.717) is 5.52 Å². The van der Waals surface area contributed by atoms with E-state index in [0.717, 1.165) is 17.0 Å². The van der Waals surface area contributed by atoms with Gasteiger partial charge >= 0.3 is 12.3 Å². The summed E-state index contributed by atoms with van der Waals surface area (Å²) in [4.78, 5) is 40.2. The summed E-state index contributed by atoms with van der Waals surface area (Å²) in [6.07, 6.45) is -5.75. The number of nitrogens with zero attached hydrogens (tertiary/aromatic N) is 4. The van der Waals surface area contributed by atoms with Gasteiger partial charge < -0.3 is 5.11 Å². The Labute approximate surface area is 223 Å². The minimum Gasteiger partial charge on any atom is -0.464 e. The average Bonchev–Trinajstić information content (AvgIpc) is 2.93. The molecular weight excluding hydrogens is 531 g/mol. The fraction of sp³-hybridized carbons (Fsp3) is 0.111. The second-order valence-electron chi connectivity index (χ2n) is 8.89. The van der Waals surface area contributed by atoms with E-state index in [1.54, 1.807) is 6.07 Å². The van der Waals surface area contributed by atoms with Crippen molar-refractivity contribution in [2.45, 2.75) is 18.0 Å². The Morgan fingerprint density at radius 2 is 1.65 bits per heavy atom. The number of carbonyl (C=O) groups excluding carboxylic acids is 1. The molecule has 40 heavy (non-hydrogen) atoms. The number of aromatic nitrogens is 1. The van der Waals surface area contributed by atoms with Crippen LogP contribution in [0.25, 0.3) is 10.9 Å². The van der Waals surface area contributed by atoms with Gasteiger partial charge in [-0.1, -0.05) is 30.3 Å². The minimum absolute atomic E-state index is 0.0680. The smallest absolute Gasteiger partial charge is 0.416 e. The van der Waals surface area contributed by atoms with E-state index in [4.69, 9.17) is 0 Å². The third-order valence-corrected chi connectivity index (χ3v) is 6.67. The number of carboxylic acid groups (broad SMARTS) is 1. The van der Waals surface area contributed by atoms with E-state index in [1.165, 1.54) is 66.9 Å². The zero-order valence-corrected chi connectivity index (χ0v) is 20.3. The molecule has 0 fully saturated rings. The molecule has 4 aromatic rings. The topological polar surface area (TPSA) is 138 Å². The molecule has 13 heteroatoms. The predicted molar refractivity (Wildman–Crippen MR) is 138 cm³/mol. The van der Waals surface area contributed by atoms with Crippen LogP contribution < -0.4 is 10.3 Å². The Morgan fingerprint density at radius 1 is 1.00 bits per heavy atom. The van der Waals surface area contributed by atoms with Gasteiger partial charge in [0.15, 0.2) is 5.41 Å². The molecule has 0 unspecified atom stereocenters. The van der Waals surface area contributed by atoms with Gasteiger partial charge in [-0.15, -0.1) is 0 Å². The number of nitro benzene ring substituents is 1. The van der Waals surface area contributed by atoms with Crippen molar-refractivity contribution in [3.63, 3.8) is 0 Å². The van der Waals surface area contributed by atoms with Crippen LogP contribution in [0.15, 0.2) is 90.2 Å². The first-order valence-corrected chi connectivity index (χ1v) is 11.7. The summed E-state index contributed by atoms with van der Waals surface area (Å²) in [7, 11) is 0. The zero-order valence-electron chi connectivity index (χ0n) is 20.3. The van der Waals surface area contributed by atoms with Crippen LogP contribution in [0, 0.1) is 10.1 Å². The number of non-ortho nitro benzene ring substituents is 1. The highest BCUT2D eigenvalue weighted by Gasteiger charge is 2.63.